The van der Waals surface area contributed by atoms with Crippen LogP contribution in [0.4, 0.5) is 0 Å². The zero-order chi connectivity index (χ0) is 15.1. The predicted molar refractivity (Wildman–Crippen MR) is 86.7 cm³/mol. The number of benzene rings is 1. The van der Waals surface area contributed by atoms with Crippen molar-refractivity contribution in [2.45, 2.75) is 51.7 Å². The van der Waals surface area contributed by atoms with Crippen LogP contribution in [0.3, 0.4) is 0 Å². The molecule has 0 radical (unpaired) electrons. The fourth-order valence-electron chi connectivity index (χ4n) is 2.02. The lowest BCUT2D eigenvalue weighted by Crippen LogP contribution is -2.18. The van der Waals surface area contributed by atoms with E-state index in [0.29, 0.717) is 18.4 Å². The predicted octanol–water partition coefficient (Wildman–Crippen LogP) is 3.41. The van der Waals surface area contributed by atoms with Crippen molar-refractivity contribution < 1.29 is 8.95 Å². The number of ether oxygens (including phenoxy) is 1. The zero-order valence-electron chi connectivity index (χ0n) is 13.2. The lowest BCUT2D eigenvalue weighted by atomic mass is 10.0. The second-order valence-electron chi connectivity index (χ2n) is 5.15. The highest BCUT2D eigenvalue weighted by Crippen LogP contribution is 2.25. The molecule has 2 atom stereocenters. The summed E-state index contributed by atoms with van der Waals surface area (Å²) >= 11 is 0. The van der Waals surface area contributed by atoms with E-state index in [1.54, 1.807) is 0 Å². The van der Waals surface area contributed by atoms with Gasteiger partial charge < -0.3 is 10.1 Å². The highest BCUT2D eigenvalue weighted by Gasteiger charge is 2.13. The van der Waals surface area contributed by atoms with Gasteiger partial charge in [-0.05, 0) is 38.1 Å². The van der Waals surface area contributed by atoms with Crippen LogP contribution in [-0.2, 0) is 16.6 Å². The van der Waals surface area contributed by atoms with Crippen molar-refractivity contribution in [2.24, 2.45) is 0 Å². The number of rotatable bonds is 8. The first-order chi connectivity index (χ1) is 9.49. The summed E-state index contributed by atoms with van der Waals surface area (Å²) in [6, 6.07) is 6.50. The highest BCUT2D eigenvalue weighted by atomic mass is 32.2. The molecule has 3 nitrogen and oxygen atoms in total. The fourth-order valence-corrected chi connectivity index (χ4v) is 2.89. The summed E-state index contributed by atoms with van der Waals surface area (Å²) in [6.45, 7) is 11.7. The first-order valence-corrected chi connectivity index (χ1v) is 8.73. The van der Waals surface area contributed by atoms with E-state index in [1.165, 1.54) is 5.56 Å². The SMILES string of the molecule is CCNC(C)c1ccc(OCC)c(CS(=O)C(C)C)c1. The van der Waals surface area contributed by atoms with E-state index in [1.807, 2.05) is 26.8 Å². The van der Waals surface area contributed by atoms with Crippen LogP contribution in [0.5, 0.6) is 5.75 Å². The molecule has 1 N–H and O–H groups in total. The Morgan fingerprint density at radius 3 is 2.50 bits per heavy atom. The van der Waals surface area contributed by atoms with Crippen molar-refractivity contribution in [1.82, 2.24) is 5.32 Å². The van der Waals surface area contributed by atoms with Crippen molar-refractivity contribution in [3.05, 3.63) is 29.3 Å². The van der Waals surface area contributed by atoms with E-state index in [2.05, 4.69) is 31.3 Å². The molecule has 0 bridgehead atoms. The third-order valence-electron chi connectivity index (χ3n) is 3.22. The minimum Gasteiger partial charge on any atom is -0.494 e. The molecule has 1 rings (SSSR count). The van der Waals surface area contributed by atoms with Crippen molar-refractivity contribution in [3.63, 3.8) is 0 Å². The fraction of sp³-hybridized carbons (Fsp3) is 0.625. The molecule has 0 saturated carbocycles. The Morgan fingerprint density at radius 1 is 1.25 bits per heavy atom. The molecule has 1 aromatic rings. The number of hydrogen-bond acceptors (Lipinski definition) is 3. The Hall–Kier alpha value is -0.870. The average molecular weight is 297 g/mol. The lowest BCUT2D eigenvalue weighted by Gasteiger charge is -2.17. The van der Waals surface area contributed by atoms with Crippen molar-refractivity contribution in [2.75, 3.05) is 13.2 Å². The molecule has 4 heteroatoms. The summed E-state index contributed by atoms with van der Waals surface area (Å²) in [7, 11) is -0.862. The van der Waals surface area contributed by atoms with Crippen molar-refractivity contribution >= 4 is 10.8 Å². The van der Waals surface area contributed by atoms with Gasteiger partial charge in [0.05, 0.1) is 12.4 Å². The largest absolute Gasteiger partial charge is 0.494 e. The van der Waals surface area contributed by atoms with E-state index in [4.69, 9.17) is 4.74 Å². The molecule has 0 aliphatic carbocycles. The standard InChI is InChI=1S/C16H27NO2S/c1-6-17-13(5)14-8-9-16(19-7-2)15(10-14)11-20(18)12(3)4/h8-10,12-13,17H,6-7,11H2,1-5H3. The molecule has 0 heterocycles. The Bertz CT molecular complexity index is 446. The van der Waals surface area contributed by atoms with E-state index < -0.39 is 10.8 Å². The van der Waals surface area contributed by atoms with Gasteiger partial charge >= 0.3 is 0 Å². The average Bonchev–Trinajstić information content (AvgIpc) is 2.41. The van der Waals surface area contributed by atoms with Gasteiger partial charge in [0, 0.05) is 27.7 Å². The molecule has 2 unspecified atom stereocenters. The van der Waals surface area contributed by atoms with Gasteiger partial charge in [-0.2, -0.15) is 0 Å². The smallest absolute Gasteiger partial charge is 0.123 e. The van der Waals surface area contributed by atoms with E-state index >= 15 is 0 Å². The summed E-state index contributed by atoms with van der Waals surface area (Å²) < 4.78 is 17.8. The van der Waals surface area contributed by atoms with Gasteiger partial charge in [-0.25, -0.2) is 0 Å². The van der Waals surface area contributed by atoms with Crippen molar-refractivity contribution in [3.8, 4) is 5.75 Å². The second kappa shape index (κ2) is 8.42. The summed E-state index contributed by atoms with van der Waals surface area (Å²) in [4.78, 5) is 0. The molecular formula is C16H27NO2S. The molecule has 20 heavy (non-hydrogen) atoms. The maximum atomic E-state index is 12.1. The minimum atomic E-state index is -0.862. The Balaban J connectivity index is 3.01. The third-order valence-corrected chi connectivity index (χ3v) is 4.87. The Morgan fingerprint density at radius 2 is 1.95 bits per heavy atom. The van der Waals surface area contributed by atoms with E-state index in [9.17, 15) is 4.21 Å². The summed E-state index contributed by atoms with van der Waals surface area (Å²) in [5.74, 6) is 1.41. The third kappa shape index (κ3) is 4.91. The van der Waals surface area contributed by atoms with Crippen LogP contribution in [-0.4, -0.2) is 22.6 Å². The van der Waals surface area contributed by atoms with Crippen LogP contribution in [0.1, 0.15) is 51.8 Å². The van der Waals surface area contributed by atoms with Crippen LogP contribution in [0, 0.1) is 0 Å². The van der Waals surface area contributed by atoms with Crippen LogP contribution in [0.15, 0.2) is 18.2 Å². The molecule has 0 saturated heterocycles. The zero-order valence-corrected chi connectivity index (χ0v) is 14.0. The first kappa shape index (κ1) is 17.2. The minimum absolute atomic E-state index is 0.166. The summed E-state index contributed by atoms with van der Waals surface area (Å²) in [5, 5.41) is 3.57. The Labute approximate surface area is 125 Å². The highest BCUT2D eigenvalue weighted by molar-refractivity contribution is 7.84. The van der Waals surface area contributed by atoms with Crippen molar-refractivity contribution in [1.29, 1.82) is 0 Å². The molecule has 0 spiro atoms. The molecule has 0 amide bonds. The van der Waals surface area contributed by atoms with Gasteiger partial charge in [-0.1, -0.05) is 26.8 Å². The molecule has 0 fully saturated rings. The van der Waals surface area contributed by atoms with Gasteiger partial charge in [0.1, 0.15) is 5.75 Å². The topological polar surface area (TPSA) is 38.3 Å². The Kier molecular flexibility index (Phi) is 7.24. The quantitative estimate of drug-likeness (QED) is 0.799. The van der Waals surface area contributed by atoms with Gasteiger partial charge in [-0.15, -0.1) is 0 Å². The van der Waals surface area contributed by atoms with Gasteiger partial charge in [-0.3, -0.25) is 4.21 Å². The maximum absolute atomic E-state index is 12.1. The normalized spacial score (nSPS) is 14.3. The van der Waals surface area contributed by atoms with E-state index in [0.717, 1.165) is 17.9 Å². The molecule has 0 aliphatic rings. The molecule has 1 aromatic carbocycles. The molecule has 114 valence electrons. The lowest BCUT2D eigenvalue weighted by molar-refractivity contribution is 0.337. The van der Waals surface area contributed by atoms with Gasteiger partial charge in [0.25, 0.3) is 0 Å². The maximum Gasteiger partial charge on any atom is 0.123 e. The van der Waals surface area contributed by atoms with Crippen LogP contribution >= 0.6 is 0 Å². The van der Waals surface area contributed by atoms with Crippen LogP contribution in [0.25, 0.3) is 0 Å². The summed E-state index contributed by atoms with van der Waals surface area (Å²) in [5.41, 5.74) is 2.26. The van der Waals surface area contributed by atoms with Crippen LogP contribution < -0.4 is 10.1 Å². The van der Waals surface area contributed by atoms with Gasteiger partial charge in [0.15, 0.2) is 0 Å². The first-order valence-electron chi connectivity index (χ1n) is 7.35. The van der Waals surface area contributed by atoms with E-state index in [-0.39, 0.29) is 5.25 Å². The molecular weight excluding hydrogens is 270 g/mol. The monoisotopic (exact) mass is 297 g/mol. The van der Waals surface area contributed by atoms with Crippen LogP contribution in [0.2, 0.25) is 0 Å². The van der Waals surface area contributed by atoms with Gasteiger partial charge in [0.2, 0.25) is 0 Å². The molecule has 0 aliphatic heterocycles. The summed E-state index contributed by atoms with van der Waals surface area (Å²) in [6.07, 6.45) is 0. The number of hydrogen-bond donors (Lipinski definition) is 1. The number of nitrogens with one attached hydrogen (secondary N) is 1. The second-order valence-corrected chi connectivity index (χ2v) is 7.15. The molecule has 0 aromatic heterocycles.